The summed E-state index contributed by atoms with van der Waals surface area (Å²) in [5.41, 5.74) is 4.18. The van der Waals surface area contributed by atoms with E-state index in [1.54, 1.807) is 0 Å². The number of nitrogens with zero attached hydrogens (tertiary/aromatic N) is 2. The molecule has 0 aliphatic heterocycles. The van der Waals surface area contributed by atoms with Gasteiger partial charge in [0.2, 0.25) is 0 Å². The molecule has 0 unspecified atom stereocenters. The van der Waals surface area contributed by atoms with Gasteiger partial charge < -0.3 is 0 Å². The molecule has 0 aliphatic rings. The molecule has 3 rings (SSSR count). The summed E-state index contributed by atoms with van der Waals surface area (Å²) in [5.74, 6) is 0. The van der Waals surface area contributed by atoms with Crippen molar-refractivity contribution in [2.45, 2.75) is 0 Å². The van der Waals surface area contributed by atoms with Crippen molar-refractivity contribution in [1.82, 2.24) is 9.97 Å². The summed E-state index contributed by atoms with van der Waals surface area (Å²) in [4.78, 5) is 8.73. The van der Waals surface area contributed by atoms with Gasteiger partial charge in [0.05, 0.1) is 11.4 Å². The van der Waals surface area contributed by atoms with E-state index in [1.165, 1.54) is 0 Å². The van der Waals surface area contributed by atoms with Crippen LogP contribution in [-0.4, -0.2) is 9.97 Å². The van der Waals surface area contributed by atoms with E-state index in [9.17, 15) is 0 Å². The van der Waals surface area contributed by atoms with Crippen molar-refractivity contribution in [1.29, 1.82) is 0 Å². The average molecular weight is 269 g/mol. The zero-order valence-corrected chi connectivity index (χ0v) is 11.0. The summed E-state index contributed by atoms with van der Waals surface area (Å²) in [5, 5.41) is 0. The molecule has 0 atom stereocenters. The van der Waals surface area contributed by atoms with E-state index in [0.29, 0.717) is 0 Å². The maximum absolute atomic E-state index is 4.36. The van der Waals surface area contributed by atoms with Crippen molar-refractivity contribution in [2.75, 3.05) is 0 Å². The van der Waals surface area contributed by atoms with E-state index >= 15 is 0 Å². The lowest BCUT2D eigenvalue weighted by molar-refractivity contribution is 1.31. The van der Waals surface area contributed by atoms with Crippen molar-refractivity contribution in [3.63, 3.8) is 0 Å². The highest BCUT2D eigenvalue weighted by molar-refractivity contribution is 5.85. The van der Waals surface area contributed by atoms with E-state index in [2.05, 4.69) is 28.2 Å². The van der Waals surface area contributed by atoms with Crippen LogP contribution >= 0.6 is 12.4 Å². The molecule has 1 aromatic carbocycles. The van der Waals surface area contributed by atoms with Gasteiger partial charge in [0, 0.05) is 23.5 Å². The molecule has 3 aromatic rings. The van der Waals surface area contributed by atoms with Crippen LogP contribution in [-0.2, 0) is 0 Å². The molecular formula is C16H13ClN2. The number of benzene rings is 1. The van der Waals surface area contributed by atoms with Gasteiger partial charge in [0.1, 0.15) is 0 Å². The lowest BCUT2D eigenvalue weighted by atomic mass is 10.1. The lowest BCUT2D eigenvalue weighted by Crippen LogP contribution is -1.85. The zero-order valence-electron chi connectivity index (χ0n) is 10.2. The van der Waals surface area contributed by atoms with Crippen LogP contribution in [0, 0.1) is 0 Å². The number of rotatable bonds is 2. The molecule has 0 aliphatic carbocycles. The quantitative estimate of drug-likeness (QED) is 0.695. The first-order valence-electron chi connectivity index (χ1n) is 5.86. The normalized spacial score (nSPS) is 9.68. The standard InChI is InChI=1S/C16H12N2.ClH/c1-3-10-17-15(8-1)13-6-5-7-14(12-13)16-9-2-4-11-18-16;/h1-12H;1H. The summed E-state index contributed by atoms with van der Waals surface area (Å²) in [6, 6.07) is 20.1. The number of hydrogen-bond donors (Lipinski definition) is 0. The molecule has 0 saturated heterocycles. The van der Waals surface area contributed by atoms with Gasteiger partial charge in [-0.15, -0.1) is 12.4 Å². The van der Waals surface area contributed by atoms with E-state index in [0.717, 1.165) is 22.5 Å². The molecule has 0 fully saturated rings. The van der Waals surface area contributed by atoms with Gasteiger partial charge in [-0.3, -0.25) is 9.97 Å². The SMILES string of the molecule is Cl.c1ccc(-c2cccc(-c3ccccn3)c2)nc1. The summed E-state index contributed by atoms with van der Waals surface area (Å²) in [6.07, 6.45) is 3.62. The number of hydrogen-bond acceptors (Lipinski definition) is 2. The summed E-state index contributed by atoms with van der Waals surface area (Å²) in [6.45, 7) is 0. The van der Waals surface area contributed by atoms with Crippen LogP contribution < -0.4 is 0 Å². The van der Waals surface area contributed by atoms with Gasteiger partial charge in [-0.1, -0.05) is 30.3 Å². The molecule has 2 nitrogen and oxygen atoms in total. The molecule has 0 N–H and O–H groups in total. The van der Waals surface area contributed by atoms with Crippen molar-refractivity contribution < 1.29 is 0 Å². The summed E-state index contributed by atoms with van der Waals surface area (Å²) >= 11 is 0. The smallest absolute Gasteiger partial charge is 0.0702 e. The van der Waals surface area contributed by atoms with Crippen LogP contribution in [0.3, 0.4) is 0 Å². The Labute approximate surface area is 118 Å². The van der Waals surface area contributed by atoms with Crippen LogP contribution in [0.4, 0.5) is 0 Å². The predicted octanol–water partition coefficient (Wildman–Crippen LogP) is 4.23. The molecule has 3 heteroatoms. The lowest BCUT2D eigenvalue weighted by Gasteiger charge is -2.04. The fraction of sp³-hybridized carbons (Fsp3) is 0. The van der Waals surface area contributed by atoms with Crippen molar-refractivity contribution in [3.05, 3.63) is 73.1 Å². The van der Waals surface area contributed by atoms with Crippen LogP contribution in [0.5, 0.6) is 0 Å². The molecule has 2 heterocycles. The maximum atomic E-state index is 4.36. The van der Waals surface area contributed by atoms with E-state index in [4.69, 9.17) is 0 Å². The van der Waals surface area contributed by atoms with Crippen molar-refractivity contribution >= 4 is 12.4 Å². The Morgan fingerprint density at radius 3 is 1.53 bits per heavy atom. The average Bonchev–Trinajstić information content (AvgIpc) is 2.49. The number of halogens is 1. The van der Waals surface area contributed by atoms with Gasteiger partial charge in [0.15, 0.2) is 0 Å². The third kappa shape index (κ3) is 2.98. The van der Waals surface area contributed by atoms with Crippen molar-refractivity contribution in [3.8, 4) is 22.5 Å². The second-order valence-corrected chi connectivity index (χ2v) is 4.01. The van der Waals surface area contributed by atoms with Crippen LogP contribution in [0.1, 0.15) is 0 Å². The minimum Gasteiger partial charge on any atom is -0.256 e. The highest BCUT2D eigenvalue weighted by atomic mass is 35.5. The monoisotopic (exact) mass is 268 g/mol. The van der Waals surface area contributed by atoms with Crippen LogP contribution in [0.15, 0.2) is 73.1 Å². The molecule has 0 amide bonds. The Morgan fingerprint density at radius 2 is 1.11 bits per heavy atom. The summed E-state index contributed by atoms with van der Waals surface area (Å²) in [7, 11) is 0. The Morgan fingerprint density at radius 1 is 0.579 bits per heavy atom. The molecule has 0 radical (unpaired) electrons. The van der Waals surface area contributed by atoms with Crippen LogP contribution in [0.25, 0.3) is 22.5 Å². The third-order valence-corrected chi connectivity index (χ3v) is 2.78. The first-order valence-corrected chi connectivity index (χ1v) is 5.86. The van der Waals surface area contributed by atoms with Crippen LogP contribution in [0.2, 0.25) is 0 Å². The van der Waals surface area contributed by atoms with Gasteiger partial charge in [-0.2, -0.15) is 0 Å². The summed E-state index contributed by atoms with van der Waals surface area (Å²) < 4.78 is 0. The van der Waals surface area contributed by atoms with E-state index < -0.39 is 0 Å². The molecule has 0 bridgehead atoms. The minimum absolute atomic E-state index is 0. The van der Waals surface area contributed by atoms with Gasteiger partial charge >= 0.3 is 0 Å². The topological polar surface area (TPSA) is 25.8 Å². The second-order valence-electron chi connectivity index (χ2n) is 4.01. The first-order chi connectivity index (χ1) is 8.93. The largest absolute Gasteiger partial charge is 0.256 e. The number of aromatic nitrogens is 2. The van der Waals surface area contributed by atoms with Crippen molar-refractivity contribution in [2.24, 2.45) is 0 Å². The Bertz CT molecular complexity index is 584. The predicted molar refractivity (Wildman–Crippen MR) is 80.2 cm³/mol. The highest BCUT2D eigenvalue weighted by Crippen LogP contribution is 2.23. The Balaban J connectivity index is 0.00000133. The minimum atomic E-state index is 0. The Kier molecular flexibility index (Phi) is 4.26. The molecule has 2 aromatic heterocycles. The fourth-order valence-electron chi connectivity index (χ4n) is 1.90. The first kappa shape index (κ1) is 13.2. The van der Waals surface area contributed by atoms with E-state index in [1.807, 2.05) is 54.9 Å². The molecular weight excluding hydrogens is 256 g/mol. The van der Waals surface area contributed by atoms with Gasteiger partial charge in [-0.25, -0.2) is 0 Å². The molecule has 0 saturated carbocycles. The van der Waals surface area contributed by atoms with Gasteiger partial charge in [0.25, 0.3) is 0 Å². The highest BCUT2D eigenvalue weighted by Gasteiger charge is 2.02. The molecule has 0 spiro atoms. The van der Waals surface area contributed by atoms with E-state index in [-0.39, 0.29) is 12.4 Å². The number of pyridine rings is 2. The third-order valence-electron chi connectivity index (χ3n) is 2.78. The molecule has 94 valence electrons. The second kappa shape index (κ2) is 6.12. The molecule has 19 heavy (non-hydrogen) atoms. The maximum Gasteiger partial charge on any atom is 0.0702 e. The zero-order chi connectivity index (χ0) is 12.2. The fourth-order valence-corrected chi connectivity index (χ4v) is 1.90. The van der Waals surface area contributed by atoms with Gasteiger partial charge in [-0.05, 0) is 30.3 Å². The Hall–Kier alpha value is -2.19.